The van der Waals surface area contributed by atoms with E-state index in [2.05, 4.69) is 23.4 Å². The summed E-state index contributed by atoms with van der Waals surface area (Å²) in [4.78, 5) is 2.62. The van der Waals surface area contributed by atoms with Gasteiger partial charge >= 0.3 is 0 Å². The highest BCUT2D eigenvalue weighted by molar-refractivity contribution is 7.99. The number of nitrogens with one attached hydrogen (secondary N) is 1. The highest BCUT2D eigenvalue weighted by Crippen LogP contribution is 2.23. The maximum Gasteiger partial charge on any atom is 0.0619 e. The zero-order valence-corrected chi connectivity index (χ0v) is 9.85. The summed E-state index contributed by atoms with van der Waals surface area (Å²) in [5.74, 6) is 0. The molecule has 14 heavy (non-hydrogen) atoms. The van der Waals surface area contributed by atoms with Crippen LogP contribution in [0.1, 0.15) is 6.92 Å². The van der Waals surface area contributed by atoms with Crippen molar-refractivity contribution in [2.75, 3.05) is 39.1 Å². The van der Waals surface area contributed by atoms with Gasteiger partial charge in [0.1, 0.15) is 0 Å². The minimum Gasteiger partial charge on any atom is -0.379 e. The molecule has 0 bridgehead atoms. The van der Waals surface area contributed by atoms with Gasteiger partial charge in [-0.15, -0.1) is 0 Å². The van der Waals surface area contributed by atoms with Crippen LogP contribution in [0, 0.1) is 0 Å². The number of nitrogens with zero attached hydrogens (tertiary/aromatic N) is 1. The molecule has 2 heterocycles. The Hall–Kier alpha value is 0.230. The maximum atomic E-state index is 5.47. The monoisotopic (exact) mass is 216 g/mol. The van der Waals surface area contributed by atoms with Gasteiger partial charge < -0.3 is 10.1 Å². The molecule has 2 rings (SSSR count). The van der Waals surface area contributed by atoms with Gasteiger partial charge in [0.15, 0.2) is 0 Å². The molecule has 2 aliphatic heterocycles. The summed E-state index contributed by atoms with van der Waals surface area (Å²) in [7, 11) is 0. The third-order valence-electron chi connectivity index (χ3n) is 3.28. The average Bonchev–Trinajstić information content (AvgIpc) is 2.66. The van der Waals surface area contributed by atoms with Gasteiger partial charge in [-0.1, -0.05) is 0 Å². The molecule has 3 nitrogen and oxygen atoms in total. The highest BCUT2D eigenvalue weighted by Gasteiger charge is 2.34. The second-order valence-corrected chi connectivity index (χ2v) is 5.24. The third-order valence-corrected chi connectivity index (χ3v) is 4.36. The molecule has 2 aliphatic rings. The topological polar surface area (TPSA) is 24.5 Å². The van der Waals surface area contributed by atoms with E-state index in [4.69, 9.17) is 4.74 Å². The third kappa shape index (κ3) is 2.08. The second-order valence-electron chi connectivity index (χ2n) is 4.16. The van der Waals surface area contributed by atoms with Gasteiger partial charge in [-0.2, -0.15) is 11.8 Å². The minimum absolute atomic E-state index is 0.586. The van der Waals surface area contributed by atoms with Crippen LogP contribution in [0.25, 0.3) is 0 Å². The fourth-order valence-corrected chi connectivity index (χ4v) is 3.30. The van der Waals surface area contributed by atoms with E-state index in [-0.39, 0.29) is 0 Å². The average molecular weight is 216 g/mol. The first-order valence-electron chi connectivity index (χ1n) is 5.40. The maximum absolute atomic E-state index is 5.47. The van der Waals surface area contributed by atoms with E-state index >= 15 is 0 Å². The lowest BCUT2D eigenvalue weighted by atomic mass is 10.1. The molecule has 0 spiro atoms. The molecule has 0 saturated carbocycles. The van der Waals surface area contributed by atoms with E-state index in [9.17, 15) is 0 Å². The Morgan fingerprint density at radius 3 is 3.00 bits per heavy atom. The van der Waals surface area contributed by atoms with Gasteiger partial charge in [-0.05, 0) is 13.2 Å². The first kappa shape index (κ1) is 10.7. The van der Waals surface area contributed by atoms with Gasteiger partial charge in [0.2, 0.25) is 0 Å². The Bertz CT molecular complexity index is 191. The zero-order chi connectivity index (χ0) is 9.97. The van der Waals surface area contributed by atoms with Crippen LogP contribution in [0.15, 0.2) is 0 Å². The number of rotatable bonds is 2. The summed E-state index contributed by atoms with van der Waals surface area (Å²) in [6, 6.07) is 1.30. The second kappa shape index (κ2) is 4.84. The van der Waals surface area contributed by atoms with Crippen LogP contribution in [-0.4, -0.2) is 61.3 Å². The van der Waals surface area contributed by atoms with Crippen molar-refractivity contribution in [3.05, 3.63) is 0 Å². The Labute approximate surface area is 90.6 Å². The van der Waals surface area contributed by atoms with Gasteiger partial charge in [-0.25, -0.2) is 0 Å². The quantitative estimate of drug-likeness (QED) is 0.722. The van der Waals surface area contributed by atoms with Crippen molar-refractivity contribution in [1.82, 2.24) is 10.2 Å². The van der Waals surface area contributed by atoms with E-state index in [1.165, 1.54) is 0 Å². The molecule has 2 saturated heterocycles. The van der Waals surface area contributed by atoms with Crippen LogP contribution in [-0.2, 0) is 4.74 Å². The highest BCUT2D eigenvalue weighted by atomic mass is 32.2. The molecule has 0 aromatic rings. The van der Waals surface area contributed by atoms with Crippen molar-refractivity contribution in [3.8, 4) is 0 Å². The fourth-order valence-electron chi connectivity index (χ4n) is 2.44. The van der Waals surface area contributed by atoms with Crippen LogP contribution < -0.4 is 5.32 Å². The van der Waals surface area contributed by atoms with Crippen molar-refractivity contribution in [1.29, 1.82) is 0 Å². The van der Waals surface area contributed by atoms with Gasteiger partial charge in [0, 0.05) is 37.0 Å². The molecule has 0 radical (unpaired) electrons. The summed E-state index contributed by atoms with van der Waals surface area (Å²) in [6.45, 7) is 7.49. The van der Waals surface area contributed by atoms with Crippen LogP contribution in [0.2, 0.25) is 0 Å². The van der Waals surface area contributed by atoms with E-state index in [1.54, 1.807) is 0 Å². The molecule has 0 aliphatic carbocycles. The van der Waals surface area contributed by atoms with Crippen LogP contribution >= 0.6 is 11.8 Å². The summed E-state index contributed by atoms with van der Waals surface area (Å²) >= 11 is 1.99. The first-order chi connectivity index (χ1) is 6.83. The Morgan fingerprint density at radius 1 is 1.43 bits per heavy atom. The van der Waals surface area contributed by atoms with Crippen LogP contribution in [0.4, 0.5) is 0 Å². The molecule has 82 valence electrons. The fraction of sp³-hybridized carbons (Fsp3) is 1.00. The predicted octanol–water partition coefficient (Wildman–Crippen LogP) is 0.411. The Kier molecular flexibility index (Phi) is 3.71. The number of hydrogen-bond donors (Lipinski definition) is 1. The lowest BCUT2D eigenvalue weighted by molar-refractivity contribution is -0.0171. The molecule has 3 unspecified atom stereocenters. The lowest BCUT2D eigenvalue weighted by Gasteiger charge is -2.39. The van der Waals surface area contributed by atoms with Crippen LogP contribution in [0.5, 0.6) is 0 Å². The number of thioether (sulfide) groups is 1. The molecule has 3 atom stereocenters. The molecular weight excluding hydrogens is 196 g/mol. The van der Waals surface area contributed by atoms with Gasteiger partial charge in [0.25, 0.3) is 0 Å². The predicted molar refractivity (Wildman–Crippen MR) is 60.9 cm³/mol. The van der Waals surface area contributed by atoms with Gasteiger partial charge in [0.05, 0.1) is 13.2 Å². The molecule has 1 N–H and O–H groups in total. The minimum atomic E-state index is 0.586. The zero-order valence-electron chi connectivity index (χ0n) is 9.03. The SMILES string of the molecule is CSC1CNCC1N1CCOCC1C. The van der Waals surface area contributed by atoms with E-state index in [1.807, 2.05) is 11.8 Å². The van der Waals surface area contributed by atoms with Crippen molar-refractivity contribution in [2.24, 2.45) is 0 Å². The van der Waals surface area contributed by atoms with E-state index < -0.39 is 0 Å². The number of morpholine rings is 1. The van der Waals surface area contributed by atoms with Gasteiger partial charge in [-0.3, -0.25) is 4.90 Å². The van der Waals surface area contributed by atoms with E-state index in [0.717, 1.165) is 38.1 Å². The molecule has 0 aromatic carbocycles. The standard InChI is InChI=1S/C10H20N2OS/c1-8-7-13-4-3-12(8)9-5-11-6-10(9)14-2/h8-11H,3-7H2,1-2H3. The summed E-state index contributed by atoms with van der Waals surface area (Å²) in [5, 5.41) is 4.25. The molecule has 2 fully saturated rings. The lowest BCUT2D eigenvalue weighted by Crippen LogP contribution is -2.52. The molecule has 4 heteroatoms. The molecule has 0 aromatic heterocycles. The number of hydrogen-bond acceptors (Lipinski definition) is 4. The van der Waals surface area contributed by atoms with Crippen molar-refractivity contribution < 1.29 is 4.74 Å². The summed E-state index contributed by atoms with van der Waals surface area (Å²) in [6.07, 6.45) is 2.22. The number of ether oxygens (including phenoxy) is 1. The first-order valence-corrected chi connectivity index (χ1v) is 6.68. The molecular formula is C10H20N2OS. The summed E-state index contributed by atoms with van der Waals surface area (Å²) < 4.78 is 5.47. The normalized spacial score (nSPS) is 40.3. The molecule has 0 amide bonds. The van der Waals surface area contributed by atoms with Crippen molar-refractivity contribution in [2.45, 2.75) is 24.3 Å². The van der Waals surface area contributed by atoms with Crippen LogP contribution in [0.3, 0.4) is 0 Å². The Morgan fingerprint density at radius 2 is 2.29 bits per heavy atom. The smallest absolute Gasteiger partial charge is 0.0619 e. The summed E-state index contributed by atoms with van der Waals surface area (Å²) in [5.41, 5.74) is 0. The van der Waals surface area contributed by atoms with E-state index in [0.29, 0.717) is 12.1 Å². The largest absolute Gasteiger partial charge is 0.379 e. The van der Waals surface area contributed by atoms with Crippen molar-refractivity contribution >= 4 is 11.8 Å². The van der Waals surface area contributed by atoms with Crippen molar-refractivity contribution in [3.63, 3.8) is 0 Å². The Balaban J connectivity index is 1.97.